The summed E-state index contributed by atoms with van der Waals surface area (Å²) in [7, 11) is 0. The van der Waals surface area contributed by atoms with E-state index in [1.54, 1.807) is 25.6 Å². The van der Waals surface area contributed by atoms with Crippen molar-refractivity contribution in [2.24, 2.45) is 5.92 Å². The number of hydrogen-bond donors (Lipinski definition) is 3. The average molecular weight is 234 g/mol. The van der Waals surface area contributed by atoms with E-state index in [2.05, 4.69) is 10.6 Å². The van der Waals surface area contributed by atoms with Crippen molar-refractivity contribution in [2.45, 2.75) is 19.9 Å². The highest BCUT2D eigenvalue weighted by molar-refractivity contribution is 7.98. The maximum Gasteiger partial charge on any atom is 0.326 e. The molecular weight excluding hydrogens is 216 g/mol. The van der Waals surface area contributed by atoms with Crippen LogP contribution in [0.15, 0.2) is 0 Å². The van der Waals surface area contributed by atoms with E-state index in [4.69, 9.17) is 5.11 Å². The van der Waals surface area contributed by atoms with Gasteiger partial charge in [0.1, 0.15) is 6.04 Å². The minimum Gasteiger partial charge on any atom is -0.480 e. The molecule has 0 aliphatic carbocycles. The van der Waals surface area contributed by atoms with Crippen molar-refractivity contribution in [1.82, 2.24) is 10.6 Å². The zero-order valence-electron chi connectivity index (χ0n) is 9.24. The molecule has 0 fully saturated rings. The zero-order chi connectivity index (χ0) is 11.8. The van der Waals surface area contributed by atoms with Crippen molar-refractivity contribution in [3.05, 3.63) is 0 Å². The van der Waals surface area contributed by atoms with Crippen LogP contribution in [-0.4, -0.2) is 41.7 Å². The predicted molar refractivity (Wildman–Crippen MR) is 61.2 cm³/mol. The molecule has 0 heterocycles. The highest BCUT2D eigenvalue weighted by Crippen LogP contribution is 2.01. The van der Waals surface area contributed by atoms with E-state index >= 15 is 0 Å². The lowest BCUT2D eigenvalue weighted by Gasteiger charge is -2.18. The molecular formula is C9H18N2O3S. The summed E-state index contributed by atoms with van der Waals surface area (Å²) < 4.78 is 0. The van der Waals surface area contributed by atoms with Crippen LogP contribution in [0.25, 0.3) is 0 Å². The Morgan fingerprint density at radius 2 is 2.00 bits per heavy atom. The highest BCUT2D eigenvalue weighted by atomic mass is 32.2. The van der Waals surface area contributed by atoms with E-state index in [0.717, 1.165) is 5.75 Å². The number of hydrogen-bond acceptors (Lipinski definition) is 3. The summed E-state index contributed by atoms with van der Waals surface area (Å²) in [4.78, 5) is 22.0. The van der Waals surface area contributed by atoms with Crippen LogP contribution in [0.3, 0.4) is 0 Å². The van der Waals surface area contributed by atoms with Gasteiger partial charge in [-0.25, -0.2) is 9.59 Å². The summed E-state index contributed by atoms with van der Waals surface area (Å²) in [5.41, 5.74) is 0. The van der Waals surface area contributed by atoms with Crippen LogP contribution < -0.4 is 10.6 Å². The quantitative estimate of drug-likeness (QED) is 0.593. The summed E-state index contributed by atoms with van der Waals surface area (Å²) in [6.07, 6.45) is 1.94. The molecule has 3 N–H and O–H groups in total. The maximum atomic E-state index is 11.2. The van der Waals surface area contributed by atoms with E-state index in [1.165, 1.54) is 0 Å². The predicted octanol–water partition coefficient (Wildman–Crippen LogP) is 0.758. The lowest BCUT2D eigenvalue weighted by atomic mass is 10.1. The first-order valence-electron chi connectivity index (χ1n) is 4.75. The number of carbonyl (C=O) groups excluding carboxylic acids is 1. The largest absolute Gasteiger partial charge is 0.480 e. The molecule has 0 aliphatic heterocycles. The van der Waals surface area contributed by atoms with Crippen LogP contribution in [0.2, 0.25) is 0 Å². The maximum absolute atomic E-state index is 11.2. The van der Waals surface area contributed by atoms with Gasteiger partial charge in [-0.05, 0) is 12.2 Å². The summed E-state index contributed by atoms with van der Waals surface area (Å²) in [6, 6.07) is -1.26. The molecule has 0 radical (unpaired) electrons. The molecule has 0 rings (SSSR count). The van der Waals surface area contributed by atoms with Crippen LogP contribution >= 0.6 is 11.8 Å². The molecule has 6 heteroatoms. The van der Waals surface area contributed by atoms with Crippen LogP contribution in [0, 0.1) is 5.92 Å². The lowest BCUT2D eigenvalue weighted by molar-refractivity contribution is -0.140. The molecule has 5 nitrogen and oxygen atoms in total. The summed E-state index contributed by atoms with van der Waals surface area (Å²) in [5, 5.41) is 13.8. The Morgan fingerprint density at radius 3 is 2.40 bits per heavy atom. The van der Waals surface area contributed by atoms with Crippen molar-refractivity contribution in [3.63, 3.8) is 0 Å². The lowest BCUT2D eigenvalue weighted by Crippen LogP contribution is -2.48. The minimum atomic E-state index is -1.01. The van der Waals surface area contributed by atoms with E-state index in [-0.39, 0.29) is 5.92 Å². The Bertz CT molecular complexity index is 221. The van der Waals surface area contributed by atoms with Crippen molar-refractivity contribution in [2.75, 3.05) is 18.6 Å². The molecule has 2 amide bonds. The normalized spacial score (nSPS) is 12.3. The Balaban J connectivity index is 3.95. The topological polar surface area (TPSA) is 78.4 Å². The minimum absolute atomic E-state index is 0.131. The average Bonchev–Trinajstić information content (AvgIpc) is 2.13. The monoisotopic (exact) mass is 234 g/mol. The van der Waals surface area contributed by atoms with E-state index in [0.29, 0.717) is 6.54 Å². The molecule has 0 aromatic rings. The van der Waals surface area contributed by atoms with Crippen molar-refractivity contribution < 1.29 is 14.7 Å². The second-order valence-electron chi connectivity index (χ2n) is 3.45. The van der Waals surface area contributed by atoms with E-state index < -0.39 is 18.0 Å². The number of urea groups is 1. The number of amides is 2. The fourth-order valence-electron chi connectivity index (χ4n) is 0.972. The second-order valence-corrected chi connectivity index (χ2v) is 4.44. The first-order chi connectivity index (χ1) is 6.99. The molecule has 0 bridgehead atoms. The number of carboxylic acids is 1. The molecule has 0 aromatic carbocycles. The van der Waals surface area contributed by atoms with Gasteiger partial charge in [0.25, 0.3) is 0 Å². The number of nitrogens with one attached hydrogen (secondary N) is 2. The molecule has 1 atom stereocenters. The Hall–Kier alpha value is -0.910. The number of thioether (sulfide) groups is 1. The van der Waals surface area contributed by atoms with Crippen LogP contribution in [0.5, 0.6) is 0 Å². The van der Waals surface area contributed by atoms with Crippen molar-refractivity contribution in [1.29, 1.82) is 0 Å². The molecule has 88 valence electrons. The van der Waals surface area contributed by atoms with Crippen LogP contribution in [0.4, 0.5) is 4.79 Å². The molecule has 0 saturated heterocycles. The fraction of sp³-hybridized carbons (Fsp3) is 0.778. The van der Waals surface area contributed by atoms with Gasteiger partial charge in [-0.3, -0.25) is 0 Å². The van der Waals surface area contributed by atoms with Gasteiger partial charge in [-0.2, -0.15) is 11.8 Å². The van der Waals surface area contributed by atoms with E-state index in [9.17, 15) is 9.59 Å². The van der Waals surface area contributed by atoms with Gasteiger partial charge in [0.2, 0.25) is 0 Å². The van der Waals surface area contributed by atoms with Gasteiger partial charge in [0.05, 0.1) is 0 Å². The fourth-order valence-corrected chi connectivity index (χ4v) is 1.28. The van der Waals surface area contributed by atoms with Crippen LogP contribution in [-0.2, 0) is 4.79 Å². The SMILES string of the molecule is CSCCNC(=O)N[C@H](C(=O)O)C(C)C. The zero-order valence-corrected chi connectivity index (χ0v) is 10.1. The van der Waals surface area contributed by atoms with Gasteiger partial charge >= 0.3 is 12.0 Å². The van der Waals surface area contributed by atoms with Crippen molar-refractivity contribution in [3.8, 4) is 0 Å². The molecule has 0 spiro atoms. The number of carbonyl (C=O) groups is 2. The van der Waals surface area contributed by atoms with Gasteiger partial charge in [0, 0.05) is 12.3 Å². The Kier molecular flexibility index (Phi) is 6.94. The summed E-state index contributed by atoms with van der Waals surface area (Å²) in [5.74, 6) is -0.328. The molecule has 0 saturated carbocycles. The first-order valence-corrected chi connectivity index (χ1v) is 6.14. The molecule has 0 aromatic heterocycles. The first kappa shape index (κ1) is 14.1. The van der Waals surface area contributed by atoms with Crippen LogP contribution in [0.1, 0.15) is 13.8 Å². The Morgan fingerprint density at radius 1 is 1.40 bits per heavy atom. The third-order valence-electron chi connectivity index (χ3n) is 1.81. The third-order valence-corrected chi connectivity index (χ3v) is 2.42. The second kappa shape index (κ2) is 7.39. The summed E-state index contributed by atoms with van der Waals surface area (Å²) in [6.45, 7) is 4.04. The summed E-state index contributed by atoms with van der Waals surface area (Å²) >= 11 is 1.62. The van der Waals surface area contributed by atoms with Gasteiger partial charge in [0.15, 0.2) is 0 Å². The van der Waals surface area contributed by atoms with Gasteiger partial charge in [-0.15, -0.1) is 0 Å². The van der Waals surface area contributed by atoms with Gasteiger partial charge in [-0.1, -0.05) is 13.8 Å². The van der Waals surface area contributed by atoms with Gasteiger partial charge < -0.3 is 15.7 Å². The number of aliphatic carboxylic acids is 1. The highest BCUT2D eigenvalue weighted by Gasteiger charge is 2.22. The molecule has 0 aliphatic rings. The number of rotatable bonds is 6. The molecule has 15 heavy (non-hydrogen) atoms. The van der Waals surface area contributed by atoms with Crippen molar-refractivity contribution >= 4 is 23.8 Å². The third kappa shape index (κ3) is 6.22. The number of carboxylic acid groups (broad SMARTS) is 1. The standard InChI is InChI=1S/C9H18N2O3S/c1-6(2)7(8(12)13)11-9(14)10-4-5-15-3/h6-7H,4-5H2,1-3H3,(H,12,13)(H2,10,11,14)/t7-/m0/s1. The molecule has 0 unspecified atom stereocenters. The Labute approximate surface area is 94.0 Å². The smallest absolute Gasteiger partial charge is 0.326 e. The van der Waals surface area contributed by atoms with E-state index in [1.807, 2.05) is 6.26 Å².